The van der Waals surface area contributed by atoms with Gasteiger partial charge >= 0.3 is 29.8 Å². The number of esters is 5. The molecule has 0 saturated heterocycles. The van der Waals surface area contributed by atoms with Crippen LogP contribution < -0.4 is 9.47 Å². The Bertz CT molecular complexity index is 1350. The SMILES string of the molecule is O=C(Oc1ccc2c(c1)C(=O)OC2=O)c1ccc(Oc2ccc3c(c2)C(=O)OC3=O)cc1. The summed E-state index contributed by atoms with van der Waals surface area (Å²) in [6.45, 7) is 0. The Morgan fingerprint density at radius 2 is 1.03 bits per heavy atom. The van der Waals surface area contributed by atoms with Crippen LogP contribution in [0.2, 0.25) is 0 Å². The fourth-order valence-corrected chi connectivity index (χ4v) is 3.22. The molecule has 0 unspecified atom stereocenters. The van der Waals surface area contributed by atoms with Crippen molar-refractivity contribution in [2.45, 2.75) is 0 Å². The van der Waals surface area contributed by atoms with Gasteiger partial charge in [0, 0.05) is 0 Å². The lowest BCUT2D eigenvalue weighted by Gasteiger charge is -2.08. The summed E-state index contributed by atoms with van der Waals surface area (Å²) in [5.74, 6) is -2.90. The molecule has 156 valence electrons. The maximum atomic E-state index is 12.4. The van der Waals surface area contributed by atoms with Crippen LogP contribution in [0.4, 0.5) is 0 Å². The van der Waals surface area contributed by atoms with Crippen molar-refractivity contribution < 1.29 is 42.9 Å². The van der Waals surface area contributed by atoms with E-state index in [1.807, 2.05) is 0 Å². The van der Waals surface area contributed by atoms with Gasteiger partial charge in [0.25, 0.3) is 0 Å². The molecular weight excluding hydrogens is 420 g/mol. The molecule has 0 spiro atoms. The summed E-state index contributed by atoms with van der Waals surface area (Å²) < 4.78 is 20.0. The van der Waals surface area contributed by atoms with Crippen molar-refractivity contribution in [1.82, 2.24) is 0 Å². The molecule has 0 bridgehead atoms. The second kappa shape index (κ2) is 7.17. The topological polar surface area (TPSA) is 122 Å². The van der Waals surface area contributed by atoms with Gasteiger partial charge in [0.15, 0.2) is 0 Å². The van der Waals surface area contributed by atoms with Gasteiger partial charge in [-0.15, -0.1) is 0 Å². The molecule has 0 radical (unpaired) electrons. The summed E-state index contributed by atoms with van der Waals surface area (Å²) in [7, 11) is 0. The van der Waals surface area contributed by atoms with Crippen LogP contribution >= 0.6 is 0 Å². The van der Waals surface area contributed by atoms with Crippen LogP contribution in [0.3, 0.4) is 0 Å². The van der Waals surface area contributed by atoms with Crippen LogP contribution in [0.1, 0.15) is 51.8 Å². The van der Waals surface area contributed by atoms with Gasteiger partial charge in [-0.25, -0.2) is 24.0 Å². The number of benzene rings is 3. The molecular formula is C23H10O9. The third-order valence-electron chi connectivity index (χ3n) is 4.77. The van der Waals surface area contributed by atoms with Crippen LogP contribution in [0, 0.1) is 0 Å². The predicted octanol–water partition coefficient (Wildman–Crippen LogP) is 3.32. The molecule has 0 atom stereocenters. The number of hydrogen-bond donors (Lipinski definition) is 0. The number of rotatable bonds is 4. The van der Waals surface area contributed by atoms with Crippen molar-refractivity contribution in [2.24, 2.45) is 0 Å². The lowest BCUT2D eigenvalue weighted by atomic mass is 10.1. The minimum atomic E-state index is -0.798. The van der Waals surface area contributed by atoms with E-state index in [0.29, 0.717) is 11.5 Å². The molecule has 2 heterocycles. The number of fused-ring (bicyclic) bond motifs is 2. The molecule has 0 aromatic heterocycles. The first-order chi connectivity index (χ1) is 15.4. The molecule has 0 aliphatic carbocycles. The van der Waals surface area contributed by atoms with Gasteiger partial charge in [0.1, 0.15) is 17.2 Å². The number of hydrogen-bond acceptors (Lipinski definition) is 9. The number of ether oxygens (including phenoxy) is 4. The predicted molar refractivity (Wildman–Crippen MR) is 104 cm³/mol. The zero-order chi connectivity index (χ0) is 22.4. The number of carbonyl (C=O) groups excluding carboxylic acids is 5. The average molecular weight is 430 g/mol. The molecule has 2 aliphatic rings. The van der Waals surface area contributed by atoms with Gasteiger partial charge in [-0.1, -0.05) is 0 Å². The Labute approximate surface area is 179 Å². The van der Waals surface area contributed by atoms with Gasteiger partial charge in [-0.3, -0.25) is 0 Å². The molecule has 0 amide bonds. The molecule has 32 heavy (non-hydrogen) atoms. The highest BCUT2D eigenvalue weighted by molar-refractivity contribution is 6.15. The lowest BCUT2D eigenvalue weighted by molar-refractivity contribution is 0.0425. The van der Waals surface area contributed by atoms with Gasteiger partial charge in [0.2, 0.25) is 0 Å². The molecule has 0 N–H and O–H groups in total. The molecule has 2 aliphatic heterocycles. The maximum absolute atomic E-state index is 12.4. The van der Waals surface area contributed by atoms with Crippen molar-refractivity contribution in [2.75, 3.05) is 0 Å². The van der Waals surface area contributed by atoms with Crippen LogP contribution in [-0.2, 0) is 9.47 Å². The molecule has 0 fully saturated rings. The minimum Gasteiger partial charge on any atom is -0.457 e. The van der Waals surface area contributed by atoms with E-state index in [1.54, 1.807) is 0 Å². The van der Waals surface area contributed by atoms with Crippen molar-refractivity contribution in [3.05, 3.63) is 88.5 Å². The molecule has 3 aromatic rings. The molecule has 9 nitrogen and oxygen atoms in total. The summed E-state index contributed by atoms with van der Waals surface area (Å²) in [5.41, 5.74) is 0.640. The first kappa shape index (κ1) is 19.2. The van der Waals surface area contributed by atoms with Gasteiger partial charge in [-0.2, -0.15) is 0 Å². The largest absolute Gasteiger partial charge is 0.457 e. The van der Waals surface area contributed by atoms with E-state index in [1.165, 1.54) is 60.7 Å². The van der Waals surface area contributed by atoms with Crippen LogP contribution in [0.5, 0.6) is 17.2 Å². The second-order valence-electron chi connectivity index (χ2n) is 6.78. The van der Waals surface area contributed by atoms with Crippen molar-refractivity contribution in [3.63, 3.8) is 0 Å². The Hall–Kier alpha value is -4.79. The quantitative estimate of drug-likeness (QED) is 0.348. The number of carbonyl (C=O) groups is 5. The third-order valence-corrected chi connectivity index (χ3v) is 4.77. The van der Waals surface area contributed by atoms with Crippen molar-refractivity contribution in [1.29, 1.82) is 0 Å². The zero-order valence-corrected chi connectivity index (χ0v) is 15.9. The smallest absolute Gasteiger partial charge is 0.347 e. The molecule has 3 aromatic carbocycles. The Morgan fingerprint density at radius 1 is 0.562 bits per heavy atom. The van der Waals surface area contributed by atoms with Gasteiger partial charge in [-0.05, 0) is 60.7 Å². The van der Waals surface area contributed by atoms with E-state index < -0.39 is 29.8 Å². The van der Waals surface area contributed by atoms with Crippen molar-refractivity contribution in [3.8, 4) is 17.2 Å². The molecule has 0 saturated carbocycles. The summed E-state index contributed by atoms with van der Waals surface area (Å²) in [6, 6.07) is 14.3. The van der Waals surface area contributed by atoms with E-state index in [0.717, 1.165) is 0 Å². The highest BCUT2D eigenvalue weighted by atomic mass is 16.6. The highest BCUT2D eigenvalue weighted by Gasteiger charge is 2.31. The van der Waals surface area contributed by atoms with Crippen LogP contribution in [-0.4, -0.2) is 29.8 Å². The Kier molecular flexibility index (Phi) is 4.30. The Balaban J connectivity index is 1.29. The summed E-state index contributed by atoms with van der Waals surface area (Å²) in [6.07, 6.45) is 0. The maximum Gasteiger partial charge on any atom is 0.347 e. The standard InChI is InChI=1S/C23H10O9/c24-19(30-14-6-8-16-18(10-14)23(28)32-21(16)26)11-1-3-12(4-2-11)29-13-5-7-15-17(9-13)22(27)31-20(15)25/h1-10H. The van der Waals surface area contributed by atoms with E-state index in [9.17, 15) is 24.0 Å². The first-order valence-corrected chi connectivity index (χ1v) is 9.20. The zero-order valence-electron chi connectivity index (χ0n) is 15.9. The molecule has 9 heteroatoms. The normalized spacial score (nSPS) is 13.9. The van der Waals surface area contributed by atoms with Crippen molar-refractivity contribution >= 4 is 29.8 Å². The summed E-state index contributed by atoms with van der Waals surface area (Å²) in [4.78, 5) is 58.7. The summed E-state index contributed by atoms with van der Waals surface area (Å²) in [5, 5.41) is 0. The monoisotopic (exact) mass is 430 g/mol. The second-order valence-corrected chi connectivity index (χ2v) is 6.78. The fourth-order valence-electron chi connectivity index (χ4n) is 3.22. The minimum absolute atomic E-state index is 0.0315. The third kappa shape index (κ3) is 3.27. The van der Waals surface area contributed by atoms with E-state index in [-0.39, 0.29) is 33.6 Å². The van der Waals surface area contributed by atoms with Gasteiger partial charge in [0.05, 0.1) is 27.8 Å². The average Bonchev–Trinajstić information content (AvgIpc) is 3.22. The lowest BCUT2D eigenvalue weighted by Crippen LogP contribution is -2.09. The first-order valence-electron chi connectivity index (χ1n) is 9.20. The van der Waals surface area contributed by atoms with E-state index in [4.69, 9.17) is 9.47 Å². The Morgan fingerprint density at radius 3 is 1.62 bits per heavy atom. The van der Waals surface area contributed by atoms with E-state index in [2.05, 4.69) is 9.47 Å². The van der Waals surface area contributed by atoms with Gasteiger partial charge < -0.3 is 18.9 Å². The summed E-state index contributed by atoms with van der Waals surface area (Å²) >= 11 is 0. The molecule has 5 rings (SSSR count). The highest BCUT2D eigenvalue weighted by Crippen LogP contribution is 2.29. The van der Waals surface area contributed by atoms with E-state index >= 15 is 0 Å². The number of cyclic esters (lactones) is 4. The van der Waals surface area contributed by atoms with Crippen LogP contribution in [0.25, 0.3) is 0 Å². The van der Waals surface area contributed by atoms with Crippen LogP contribution in [0.15, 0.2) is 60.7 Å². The fraction of sp³-hybridized carbons (Fsp3) is 0.